The van der Waals surface area contributed by atoms with Crippen molar-refractivity contribution < 1.29 is 4.79 Å². The molecular weight excluding hydrogens is 376 g/mol. The van der Waals surface area contributed by atoms with Crippen molar-refractivity contribution in [3.63, 3.8) is 0 Å². The van der Waals surface area contributed by atoms with Crippen molar-refractivity contribution in [2.24, 2.45) is 0 Å². The minimum atomic E-state index is -0.260. The average Bonchev–Trinajstić information content (AvgIpc) is 3.33. The second kappa shape index (κ2) is 9.53. The molecule has 5 nitrogen and oxygen atoms in total. The second-order valence-electron chi connectivity index (χ2n) is 5.95. The Morgan fingerprint density at radius 2 is 2.11 bits per heavy atom. The number of carbonyl (C=O) groups is 1. The highest BCUT2D eigenvalue weighted by atomic mass is 32.2. The van der Waals surface area contributed by atoms with E-state index >= 15 is 0 Å². The number of benzene rings is 1. The fraction of sp³-hybridized carbons (Fsp3) is 0.250. The van der Waals surface area contributed by atoms with Crippen LogP contribution in [0.5, 0.6) is 0 Å². The highest BCUT2D eigenvalue weighted by molar-refractivity contribution is 8.00. The molecule has 0 fully saturated rings. The molecular formula is C20H22N4OS2. The van der Waals surface area contributed by atoms with E-state index in [9.17, 15) is 4.79 Å². The van der Waals surface area contributed by atoms with Gasteiger partial charge in [0, 0.05) is 23.5 Å². The van der Waals surface area contributed by atoms with Gasteiger partial charge in [0.1, 0.15) is 0 Å². The first-order chi connectivity index (χ1) is 13.2. The number of carbonyl (C=O) groups excluding carboxylic acids is 1. The van der Waals surface area contributed by atoms with Gasteiger partial charge in [-0.2, -0.15) is 0 Å². The van der Waals surface area contributed by atoms with E-state index in [1.165, 1.54) is 16.6 Å². The Hall–Kier alpha value is -2.38. The van der Waals surface area contributed by atoms with Gasteiger partial charge in [0.05, 0.1) is 5.25 Å². The predicted molar refractivity (Wildman–Crippen MR) is 112 cm³/mol. The fourth-order valence-corrected chi connectivity index (χ4v) is 4.18. The summed E-state index contributed by atoms with van der Waals surface area (Å²) in [6.07, 6.45) is 2.66. The number of thiophene rings is 1. The Balaban J connectivity index is 1.64. The standard InChI is InChI=1S/C20H22N4OS2/c1-3-13-24-18(16-8-5-4-6-9-16)22-23-20(24)27-15(2)19(25)21-12-11-17-10-7-14-26-17/h3-10,14-15H,1,11-13H2,2H3,(H,21,25). The van der Waals surface area contributed by atoms with Crippen LogP contribution in [0.25, 0.3) is 11.4 Å². The van der Waals surface area contributed by atoms with Crippen molar-refractivity contribution in [2.45, 2.75) is 30.3 Å². The van der Waals surface area contributed by atoms with Crippen LogP contribution in [0, 0.1) is 0 Å². The molecule has 27 heavy (non-hydrogen) atoms. The summed E-state index contributed by atoms with van der Waals surface area (Å²) in [4.78, 5) is 13.7. The Bertz CT molecular complexity index is 875. The first kappa shape index (κ1) is 19.4. The Morgan fingerprint density at radius 3 is 2.81 bits per heavy atom. The van der Waals surface area contributed by atoms with Crippen molar-refractivity contribution in [3.05, 3.63) is 65.4 Å². The Kier molecular flexibility index (Phi) is 6.84. The fourth-order valence-electron chi connectivity index (χ4n) is 2.59. The van der Waals surface area contributed by atoms with Crippen LogP contribution in [0.1, 0.15) is 11.8 Å². The lowest BCUT2D eigenvalue weighted by Crippen LogP contribution is -2.32. The summed E-state index contributed by atoms with van der Waals surface area (Å²) in [7, 11) is 0. The van der Waals surface area contributed by atoms with Gasteiger partial charge >= 0.3 is 0 Å². The molecule has 0 aliphatic rings. The highest BCUT2D eigenvalue weighted by Crippen LogP contribution is 2.26. The summed E-state index contributed by atoms with van der Waals surface area (Å²) in [6.45, 7) is 6.94. The summed E-state index contributed by atoms with van der Waals surface area (Å²) >= 11 is 3.12. The summed E-state index contributed by atoms with van der Waals surface area (Å²) < 4.78 is 1.99. The molecule has 0 saturated heterocycles. The van der Waals surface area contributed by atoms with Crippen molar-refractivity contribution in [2.75, 3.05) is 6.54 Å². The van der Waals surface area contributed by atoms with Crippen molar-refractivity contribution in [1.29, 1.82) is 0 Å². The number of nitrogens with one attached hydrogen (secondary N) is 1. The number of thioether (sulfide) groups is 1. The predicted octanol–water partition coefficient (Wildman–Crippen LogP) is 4.03. The molecule has 140 valence electrons. The van der Waals surface area contributed by atoms with Gasteiger partial charge in [-0.25, -0.2) is 0 Å². The lowest BCUT2D eigenvalue weighted by molar-refractivity contribution is -0.120. The molecule has 2 aromatic heterocycles. The largest absolute Gasteiger partial charge is 0.355 e. The van der Waals surface area contributed by atoms with Crippen molar-refractivity contribution in [3.8, 4) is 11.4 Å². The number of allylic oxidation sites excluding steroid dienone is 1. The molecule has 1 N–H and O–H groups in total. The third-order valence-corrected chi connectivity index (χ3v) is 5.98. The van der Waals surface area contributed by atoms with Crippen LogP contribution in [-0.4, -0.2) is 32.5 Å². The molecule has 1 atom stereocenters. The third-order valence-electron chi connectivity index (χ3n) is 3.96. The average molecular weight is 399 g/mol. The number of hydrogen-bond donors (Lipinski definition) is 1. The third kappa shape index (κ3) is 5.08. The van der Waals surface area contributed by atoms with E-state index < -0.39 is 0 Å². The van der Waals surface area contributed by atoms with Crippen LogP contribution in [0.15, 0.2) is 65.7 Å². The second-order valence-corrected chi connectivity index (χ2v) is 8.29. The van der Waals surface area contributed by atoms with Gasteiger partial charge in [-0.15, -0.1) is 28.1 Å². The quantitative estimate of drug-likeness (QED) is 0.437. The molecule has 3 rings (SSSR count). The van der Waals surface area contributed by atoms with Crippen LogP contribution in [0.2, 0.25) is 0 Å². The van der Waals surface area contributed by atoms with Gasteiger partial charge in [-0.1, -0.05) is 54.2 Å². The van der Waals surface area contributed by atoms with Crippen LogP contribution in [-0.2, 0) is 17.8 Å². The number of rotatable bonds is 9. The molecule has 0 radical (unpaired) electrons. The first-order valence-corrected chi connectivity index (χ1v) is 10.5. The van der Waals surface area contributed by atoms with E-state index in [0.717, 1.165) is 23.0 Å². The van der Waals surface area contributed by atoms with Gasteiger partial charge < -0.3 is 5.32 Å². The SMILES string of the molecule is C=CCn1c(SC(C)C(=O)NCCc2cccs2)nnc1-c1ccccc1. The minimum absolute atomic E-state index is 0.00553. The molecule has 1 unspecified atom stereocenters. The minimum Gasteiger partial charge on any atom is -0.355 e. The van der Waals surface area contributed by atoms with E-state index in [1.807, 2.05) is 59.3 Å². The molecule has 0 saturated carbocycles. The summed E-state index contributed by atoms with van der Waals surface area (Å²) in [5.41, 5.74) is 0.992. The maximum atomic E-state index is 12.4. The molecule has 1 aromatic carbocycles. The highest BCUT2D eigenvalue weighted by Gasteiger charge is 2.20. The molecule has 2 heterocycles. The molecule has 3 aromatic rings. The lowest BCUT2D eigenvalue weighted by atomic mass is 10.2. The molecule has 0 bridgehead atoms. The van der Waals surface area contributed by atoms with E-state index in [4.69, 9.17) is 0 Å². The zero-order valence-corrected chi connectivity index (χ0v) is 16.8. The van der Waals surface area contributed by atoms with Gasteiger partial charge in [0.2, 0.25) is 5.91 Å². The Morgan fingerprint density at radius 1 is 1.30 bits per heavy atom. The molecule has 0 aliphatic carbocycles. The van der Waals surface area contributed by atoms with Gasteiger partial charge in [0.25, 0.3) is 0 Å². The van der Waals surface area contributed by atoms with E-state index in [0.29, 0.717) is 13.1 Å². The lowest BCUT2D eigenvalue weighted by Gasteiger charge is -2.12. The number of nitrogens with zero attached hydrogens (tertiary/aromatic N) is 3. The zero-order chi connectivity index (χ0) is 19.1. The smallest absolute Gasteiger partial charge is 0.233 e. The van der Waals surface area contributed by atoms with Gasteiger partial charge in [0.15, 0.2) is 11.0 Å². The monoisotopic (exact) mass is 398 g/mol. The molecule has 0 aliphatic heterocycles. The van der Waals surface area contributed by atoms with Gasteiger partial charge in [-0.3, -0.25) is 9.36 Å². The van der Waals surface area contributed by atoms with Crippen molar-refractivity contribution >= 4 is 29.0 Å². The Labute approximate surface area is 167 Å². The first-order valence-electron chi connectivity index (χ1n) is 8.75. The number of amides is 1. The van der Waals surface area contributed by atoms with Crippen LogP contribution in [0.3, 0.4) is 0 Å². The maximum absolute atomic E-state index is 12.4. The summed E-state index contributed by atoms with van der Waals surface area (Å²) in [5, 5.41) is 14.1. The van der Waals surface area contributed by atoms with Crippen LogP contribution < -0.4 is 5.32 Å². The van der Waals surface area contributed by atoms with Crippen molar-refractivity contribution in [1.82, 2.24) is 20.1 Å². The number of aromatic nitrogens is 3. The summed E-state index contributed by atoms with van der Waals surface area (Å²) in [5.74, 6) is 0.786. The number of hydrogen-bond acceptors (Lipinski definition) is 5. The van der Waals surface area contributed by atoms with Crippen LogP contribution in [0.4, 0.5) is 0 Å². The summed E-state index contributed by atoms with van der Waals surface area (Å²) in [6, 6.07) is 14.0. The molecule has 0 spiro atoms. The van der Waals surface area contributed by atoms with E-state index in [1.54, 1.807) is 11.3 Å². The van der Waals surface area contributed by atoms with E-state index in [2.05, 4.69) is 28.2 Å². The van der Waals surface area contributed by atoms with Gasteiger partial charge in [-0.05, 0) is 24.8 Å². The topological polar surface area (TPSA) is 59.8 Å². The zero-order valence-electron chi connectivity index (χ0n) is 15.2. The maximum Gasteiger partial charge on any atom is 0.233 e. The van der Waals surface area contributed by atoms with E-state index in [-0.39, 0.29) is 11.2 Å². The van der Waals surface area contributed by atoms with Crippen LogP contribution >= 0.6 is 23.1 Å². The molecule has 1 amide bonds. The normalized spacial score (nSPS) is 11.9. The molecule has 7 heteroatoms.